The third-order valence-corrected chi connectivity index (χ3v) is 10.7. The molecule has 0 aliphatic carbocycles. The van der Waals surface area contributed by atoms with Crippen LogP contribution < -0.4 is 0 Å². The Hall–Kier alpha value is 0.107. The molecule has 0 spiro atoms. The first-order valence-corrected chi connectivity index (χ1v) is 11.0. The van der Waals surface area contributed by atoms with Crippen LogP contribution in [-0.4, -0.2) is 18.8 Å². The SMILES string of the molecule is C=CCCC(CBr)CCC(=O)[Si](C)(C)C(C)(C)C. The minimum Gasteiger partial charge on any atom is -0.305 e. The number of carbonyl (C=O) groups excluding carboxylic acids is 1. The molecule has 0 saturated carbocycles. The average Bonchev–Trinajstić information content (AvgIpc) is 2.27. The maximum Gasteiger partial charge on any atom is 0.132 e. The molecule has 3 heteroatoms. The van der Waals surface area contributed by atoms with Crippen LogP contribution in [-0.2, 0) is 4.79 Å². The minimum atomic E-state index is -1.79. The summed E-state index contributed by atoms with van der Waals surface area (Å²) >= 11 is 3.55. The van der Waals surface area contributed by atoms with Gasteiger partial charge in [-0.05, 0) is 30.2 Å². The summed E-state index contributed by atoms with van der Waals surface area (Å²) in [7, 11) is -1.79. The predicted octanol–water partition coefficient (Wildman–Crippen LogP) is 5.36. The molecule has 0 heterocycles. The van der Waals surface area contributed by atoms with Crippen molar-refractivity contribution in [1.82, 2.24) is 0 Å². The molecule has 0 aromatic carbocycles. The third kappa shape index (κ3) is 5.39. The van der Waals surface area contributed by atoms with Gasteiger partial charge in [-0.3, -0.25) is 0 Å². The van der Waals surface area contributed by atoms with Crippen LogP contribution in [0.3, 0.4) is 0 Å². The van der Waals surface area contributed by atoms with Gasteiger partial charge in [0.2, 0.25) is 0 Å². The lowest BCUT2D eigenvalue weighted by Gasteiger charge is -2.35. The lowest BCUT2D eigenvalue weighted by atomic mass is 10.0. The Morgan fingerprint density at radius 3 is 2.28 bits per heavy atom. The number of hydrogen-bond donors (Lipinski definition) is 0. The molecule has 1 unspecified atom stereocenters. The first-order valence-electron chi connectivity index (χ1n) is 6.87. The highest BCUT2D eigenvalue weighted by atomic mass is 79.9. The van der Waals surface area contributed by atoms with E-state index in [9.17, 15) is 4.79 Å². The molecular formula is C15H29BrOSi. The van der Waals surface area contributed by atoms with Crippen LogP contribution in [0.1, 0.15) is 46.5 Å². The van der Waals surface area contributed by atoms with Crippen molar-refractivity contribution in [3.05, 3.63) is 12.7 Å². The molecular weight excluding hydrogens is 304 g/mol. The normalized spacial score (nSPS) is 14.3. The fourth-order valence-electron chi connectivity index (χ4n) is 1.72. The number of rotatable bonds is 8. The summed E-state index contributed by atoms with van der Waals surface area (Å²) in [4.78, 5) is 12.4. The van der Waals surface area contributed by atoms with Crippen molar-refractivity contribution >= 4 is 29.4 Å². The molecule has 0 aliphatic heterocycles. The average molecular weight is 333 g/mol. The summed E-state index contributed by atoms with van der Waals surface area (Å²) in [5.74, 6) is 0.608. The molecule has 1 atom stereocenters. The van der Waals surface area contributed by atoms with Gasteiger partial charge in [0.15, 0.2) is 0 Å². The van der Waals surface area contributed by atoms with E-state index in [1.165, 1.54) is 0 Å². The topological polar surface area (TPSA) is 17.1 Å². The molecule has 0 saturated heterocycles. The molecule has 0 amide bonds. The van der Waals surface area contributed by atoms with E-state index in [1.54, 1.807) is 0 Å². The maximum absolute atomic E-state index is 12.4. The van der Waals surface area contributed by atoms with Gasteiger partial charge in [0.25, 0.3) is 0 Å². The van der Waals surface area contributed by atoms with Gasteiger partial charge in [0.1, 0.15) is 13.5 Å². The largest absolute Gasteiger partial charge is 0.305 e. The fraction of sp³-hybridized carbons (Fsp3) is 0.800. The van der Waals surface area contributed by atoms with Crippen molar-refractivity contribution in [2.75, 3.05) is 5.33 Å². The Kier molecular flexibility index (Phi) is 7.68. The van der Waals surface area contributed by atoms with Crippen LogP contribution in [0.5, 0.6) is 0 Å². The monoisotopic (exact) mass is 332 g/mol. The lowest BCUT2D eigenvalue weighted by Crippen LogP contribution is -2.46. The smallest absolute Gasteiger partial charge is 0.132 e. The van der Waals surface area contributed by atoms with E-state index in [1.807, 2.05) is 6.08 Å². The summed E-state index contributed by atoms with van der Waals surface area (Å²) in [6, 6.07) is 0. The molecule has 0 aliphatic rings. The van der Waals surface area contributed by atoms with E-state index in [-0.39, 0.29) is 5.04 Å². The van der Waals surface area contributed by atoms with Crippen LogP contribution in [0.2, 0.25) is 18.1 Å². The van der Waals surface area contributed by atoms with Crippen LogP contribution >= 0.6 is 15.9 Å². The van der Waals surface area contributed by atoms with E-state index in [0.29, 0.717) is 11.3 Å². The molecule has 0 fully saturated rings. The molecule has 0 bridgehead atoms. The third-order valence-electron chi connectivity index (χ3n) is 4.35. The van der Waals surface area contributed by atoms with Crippen molar-refractivity contribution in [3.63, 3.8) is 0 Å². The molecule has 0 rings (SSSR count). The van der Waals surface area contributed by atoms with Gasteiger partial charge in [0, 0.05) is 11.8 Å². The van der Waals surface area contributed by atoms with E-state index >= 15 is 0 Å². The second-order valence-corrected chi connectivity index (χ2v) is 12.7. The van der Waals surface area contributed by atoms with Crippen LogP contribution in [0, 0.1) is 5.92 Å². The van der Waals surface area contributed by atoms with Crippen molar-refractivity contribution in [2.45, 2.75) is 64.6 Å². The number of allylic oxidation sites excluding steroid dienone is 1. The zero-order valence-electron chi connectivity index (χ0n) is 12.7. The van der Waals surface area contributed by atoms with Gasteiger partial charge in [-0.1, -0.05) is 55.9 Å². The number of alkyl halides is 1. The van der Waals surface area contributed by atoms with Crippen molar-refractivity contribution in [2.24, 2.45) is 5.92 Å². The quantitative estimate of drug-likeness (QED) is 0.332. The molecule has 0 aromatic heterocycles. The highest BCUT2D eigenvalue weighted by Crippen LogP contribution is 2.37. The minimum absolute atomic E-state index is 0.162. The first kappa shape index (κ1) is 18.1. The van der Waals surface area contributed by atoms with Crippen molar-refractivity contribution in [3.8, 4) is 0 Å². The second kappa shape index (κ2) is 7.64. The Morgan fingerprint density at radius 2 is 1.89 bits per heavy atom. The summed E-state index contributed by atoms with van der Waals surface area (Å²) in [5, 5.41) is 1.68. The lowest BCUT2D eigenvalue weighted by molar-refractivity contribution is -0.113. The molecule has 106 valence electrons. The van der Waals surface area contributed by atoms with Gasteiger partial charge in [0.05, 0.1) is 0 Å². The summed E-state index contributed by atoms with van der Waals surface area (Å²) in [5.41, 5.74) is 0. The Balaban J connectivity index is 4.36. The van der Waals surface area contributed by atoms with Crippen LogP contribution in [0.25, 0.3) is 0 Å². The van der Waals surface area contributed by atoms with Gasteiger partial charge < -0.3 is 4.79 Å². The van der Waals surface area contributed by atoms with Crippen LogP contribution in [0.15, 0.2) is 12.7 Å². The zero-order valence-corrected chi connectivity index (χ0v) is 15.3. The highest BCUT2D eigenvalue weighted by Gasteiger charge is 2.41. The van der Waals surface area contributed by atoms with Crippen molar-refractivity contribution < 1.29 is 4.79 Å². The van der Waals surface area contributed by atoms with Crippen LogP contribution in [0.4, 0.5) is 0 Å². The molecule has 0 aromatic rings. The maximum atomic E-state index is 12.4. The Morgan fingerprint density at radius 1 is 1.33 bits per heavy atom. The van der Waals surface area contributed by atoms with Gasteiger partial charge >= 0.3 is 0 Å². The number of halogens is 1. The summed E-state index contributed by atoms with van der Waals surface area (Å²) < 4.78 is 0. The molecule has 0 N–H and O–H groups in total. The number of carbonyl (C=O) groups is 1. The van der Waals surface area contributed by atoms with Gasteiger partial charge in [-0.2, -0.15) is 0 Å². The summed E-state index contributed by atoms with van der Waals surface area (Å²) in [6.45, 7) is 14.8. The first-order chi connectivity index (χ1) is 8.16. The zero-order chi connectivity index (χ0) is 14.4. The van der Waals surface area contributed by atoms with E-state index < -0.39 is 8.07 Å². The standard InChI is InChI=1S/C15H29BrOSi/c1-7-8-9-13(12-16)10-11-14(17)18(5,6)15(2,3)4/h7,13H,1,8-12H2,2-6H3. The summed E-state index contributed by atoms with van der Waals surface area (Å²) in [6.07, 6.45) is 5.92. The van der Waals surface area contributed by atoms with E-state index in [2.05, 4.69) is 56.4 Å². The Labute approximate surface area is 123 Å². The van der Waals surface area contributed by atoms with E-state index in [4.69, 9.17) is 0 Å². The van der Waals surface area contributed by atoms with E-state index in [0.717, 1.165) is 31.0 Å². The van der Waals surface area contributed by atoms with Gasteiger partial charge in [-0.15, -0.1) is 6.58 Å². The predicted molar refractivity (Wildman–Crippen MR) is 88.2 cm³/mol. The fourth-order valence-corrected chi connectivity index (χ4v) is 3.97. The molecule has 0 radical (unpaired) electrons. The van der Waals surface area contributed by atoms with Gasteiger partial charge in [-0.25, -0.2) is 0 Å². The van der Waals surface area contributed by atoms with Crippen molar-refractivity contribution in [1.29, 1.82) is 0 Å². The molecule has 1 nitrogen and oxygen atoms in total. The second-order valence-electron chi connectivity index (χ2n) is 6.72. The molecule has 18 heavy (non-hydrogen) atoms. The highest BCUT2D eigenvalue weighted by molar-refractivity contribution is 9.09. The Bertz CT molecular complexity index is 279. The number of hydrogen-bond acceptors (Lipinski definition) is 1.